The first kappa shape index (κ1) is 36.6. The Bertz CT molecular complexity index is 2320. The monoisotopic (exact) mass is 790 g/mol. The molecule has 2 aliphatic carbocycles. The Labute approximate surface area is 322 Å². The number of phenols is 1. The minimum absolute atomic E-state index is 0.0265. The van der Waals surface area contributed by atoms with Crippen molar-refractivity contribution in [1.29, 1.82) is 0 Å². The number of halogens is 5. The van der Waals surface area contributed by atoms with E-state index >= 15 is 4.79 Å². The van der Waals surface area contributed by atoms with E-state index in [1.54, 1.807) is 60.7 Å². The van der Waals surface area contributed by atoms with Crippen LogP contribution >= 0.6 is 23.2 Å². The van der Waals surface area contributed by atoms with Crippen LogP contribution in [0.1, 0.15) is 35.6 Å². The van der Waals surface area contributed by atoms with E-state index in [2.05, 4.69) is 4.98 Å². The van der Waals surface area contributed by atoms with E-state index in [9.17, 15) is 32.7 Å². The second-order valence-corrected chi connectivity index (χ2v) is 14.9. The molecule has 282 valence electrons. The Kier molecular flexibility index (Phi) is 8.73. The minimum Gasteiger partial charge on any atom is -0.504 e. The lowest BCUT2D eigenvalue weighted by Gasteiger charge is -2.50. The topological polar surface area (TPSA) is 120 Å². The third kappa shape index (κ3) is 5.42. The summed E-state index contributed by atoms with van der Waals surface area (Å²) >= 11 is 12.7. The molecule has 1 N–H and O–H groups in total. The Hall–Kier alpha value is -5.40. The van der Waals surface area contributed by atoms with Crippen molar-refractivity contribution in [1.82, 2.24) is 9.99 Å². The first-order valence-electron chi connectivity index (χ1n) is 17.3. The number of methoxy groups -OCH3 is 1. The van der Waals surface area contributed by atoms with Crippen LogP contribution in [-0.2, 0) is 30.8 Å². The lowest BCUT2D eigenvalue weighted by Crippen LogP contribution is -2.53. The molecule has 55 heavy (non-hydrogen) atoms. The largest absolute Gasteiger partial charge is 0.504 e. The molecule has 1 aromatic heterocycles. The zero-order chi connectivity index (χ0) is 39.1. The van der Waals surface area contributed by atoms with Gasteiger partial charge < -0.3 is 9.84 Å². The summed E-state index contributed by atoms with van der Waals surface area (Å²) in [6, 6.07) is 21.7. The number of nitrogens with zero attached hydrogens (tertiary/aromatic N) is 4. The number of hydrazine groups is 1. The van der Waals surface area contributed by atoms with Crippen LogP contribution in [0, 0.1) is 23.7 Å². The Morgan fingerprint density at radius 2 is 1.65 bits per heavy atom. The average Bonchev–Trinajstić information content (AvgIpc) is 3.55. The number of ether oxygens (including phenoxy) is 1. The zero-order valence-electron chi connectivity index (χ0n) is 29.1. The first-order chi connectivity index (χ1) is 26.2. The van der Waals surface area contributed by atoms with Gasteiger partial charge in [-0.1, -0.05) is 77.3 Å². The van der Waals surface area contributed by atoms with Crippen LogP contribution in [-0.4, -0.2) is 52.9 Å². The molecule has 3 fully saturated rings. The number of aromatic hydroxyl groups is 1. The number of allylic oxidation sites excluding steroid dienone is 2. The number of imide groups is 2. The van der Waals surface area contributed by atoms with E-state index in [4.69, 9.17) is 27.9 Å². The van der Waals surface area contributed by atoms with E-state index in [0.717, 1.165) is 21.0 Å². The predicted octanol–water partition coefficient (Wildman–Crippen LogP) is 7.34. The van der Waals surface area contributed by atoms with Crippen molar-refractivity contribution in [3.63, 3.8) is 0 Å². The molecule has 2 saturated heterocycles. The standard InChI is InChI=1S/C40H31Cl2F3N4O6/c1-47(34-28(42)14-16-31(46-34)40(43,44)45)49-35(51)25-13-12-24-26(32(25)37(49)53)19-27-36(52)48(23-10-6-9-22(41)18-23)38(54)39(27,21-7-4-3-5-8-21)33(24)20-11-15-30(55-2)29(50)17-20/h3-12,14-18,25-27,32-33,50H,13,19H2,1-2H3. The highest BCUT2D eigenvalue weighted by atomic mass is 35.5. The van der Waals surface area contributed by atoms with Crippen LogP contribution in [0.5, 0.6) is 11.5 Å². The van der Waals surface area contributed by atoms with Gasteiger partial charge in [0.2, 0.25) is 11.8 Å². The molecule has 4 amide bonds. The summed E-state index contributed by atoms with van der Waals surface area (Å²) in [5.74, 6) is -7.75. The predicted molar refractivity (Wildman–Crippen MR) is 195 cm³/mol. The maximum Gasteiger partial charge on any atom is 0.433 e. The molecule has 6 unspecified atom stereocenters. The maximum absolute atomic E-state index is 15.3. The fraction of sp³-hybridized carbons (Fsp3) is 0.275. The van der Waals surface area contributed by atoms with Crippen molar-refractivity contribution in [2.45, 2.75) is 30.4 Å². The maximum atomic E-state index is 15.3. The van der Waals surface area contributed by atoms with Gasteiger partial charge in [0.15, 0.2) is 17.3 Å². The molecule has 4 aromatic rings. The summed E-state index contributed by atoms with van der Waals surface area (Å²) in [5.41, 5.74) is -0.992. The fourth-order valence-electron chi connectivity index (χ4n) is 9.20. The normalized spacial score (nSPS) is 26.1. The third-order valence-corrected chi connectivity index (χ3v) is 11.9. The van der Waals surface area contributed by atoms with E-state index in [0.29, 0.717) is 27.8 Å². The van der Waals surface area contributed by atoms with Crippen molar-refractivity contribution < 1.29 is 42.2 Å². The smallest absolute Gasteiger partial charge is 0.433 e. The van der Waals surface area contributed by atoms with Crippen LogP contribution in [0.4, 0.5) is 24.7 Å². The second kappa shape index (κ2) is 13.1. The summed E-state index contributed by atoms with van der Waals surface area (Å²) in [5, 5.41) is 12.9. The molecule has 8 rings (SSSR count). The number of pyridine rings is 1. The van der Waals surface area contributed by atoms with Gasteiger partial charge in [-0.15, -0.1) is 0 Å². The van der Waals surface area contributed by atoms with Crippen molar-refractivity contribution >= 4 is 58.3 Å². The number of phenolic OH excluding ortho intramolecular Hbond substituents is 1. The highest BCUT2D eigenvalue weighted by Gasteiger charge is 2.70. The van der Waals surface area contributed by atoms with Gasteiger partial charge >= 0.3 is 6.18 Å². The third-order valence-electron chi connectivity index (χ3n) is 11.4. The zero-order valence-corrected chi connectivity index (χ0v) is 30.6. The molecule has 15 heteroatoms. The molecule has 10 nitrogen and oxygen atoms in total. The first-order valence-corrected chi connectivity index (χ1v) is 18.1. The van der Waals surface area contributed by atoms with Gasteiger partial charge in [-0.2, -0.15) is 18.2 Å². The molecule has 0 radical (unpaired) electrons. The van der Waals surface area contributed by atoms with Crippen LogP contribution in [0.2, 0.25) is 10.0 Å². The number of amides is 4. The van der Waals surface area contributed by atoms with Gasteiger partial charge in [0.1, 0.15) is 5.69 Å². The SMILES string of the molecule is COc1ccc(C2C3=CCC4C(=O)N(N(C)c5nc(C(F)(F)F)ccc5Cl)C(=O)C4C3CC3C(=O)N(c4cccc(Cl)c4)C(=O)C32c2ccccc2)cc1O. The molecule has 6 atom stereocenters. The van der Waals surface area contributed by atoms with Crippen molar-refractivity contribution in [3.8, 4) is 11.5 Å². The average molecular weight is 792 g/mol. The van der Waals surface area contributed by atoms with Crippen molar-refractivity contribution in [2.24, 2.45) is 23.7 Å². The van der Waals surface area contributed by atoms with Crippen LogP contribution in [0.15, 0.2) is 96.6 Å². The number of anilines is 2. The van der Waals surface area contributed by atoms with E-state index in [1.165, 1.54) is 26.3 Å². The van der Waals surface area contributed by atoms with E-state index in [1.807, 2.05) is 6.08 Å². The van der Waals surface area contributed by atoms with Gasteiger partial charge in [-0.3, -0.25) is 24.2 Å². The summed E-state index contributed by atoms with van der Waals surface area (Å²) in [6.07, 6.45) is -2.98. The highest BCUT2D eigenvalue weighted by molar-refractivity contribution is 6.33. The van der Waals surface area contributed by atoms with Gasteiger partial charge in [0.25, 0.3) is 11.8 Å². The molecule has 4 aliphatic rings. The number of hydrogen-bond donors (Lipinski definition) is 1. The lowest BCUT2D eigenvalue weighted by atomic mass is 9.49. The van der Waals surface area contributed by atoms with Gasteiger partial charge in [-0.05, 0) is 72.4 Å². The Balaban J connectivity index is 1.30. The second-order valence-electron chi connectivity index (χ2n) is 14.0. The molecule has 3 aromatic carbocycles. The number of alkyl halides is 3. The summed E-state index contributed by atoms with van der Waals surface area (Å²) in [7, 11) is 2.63. The lowest BCUT2D eigenvalue weighted by molar-refractivity contribution is -0.141. The number of carbonyl (C=O) groups is 4. The molecular weight excluding hydrogens is 760 g/mol. The van der Waals surface area contributed by atoms with Crippen LogP contribution in [0.3, 0.4) is 0 Å². The number of rotatable bonds is 6. The Morgan fingerprint density at radius 1 is 0.909 bits per heavy atom. The van der Waals surface area contributed by atoms with E-state index < -0.39 is 76.3 Å². The summed E-state index contributed by atoms with van der Waals surface area (Å²) in [4.78, 5) is 63.8. The van der Waals surface area contributed by atoms with Gasteiger partial charge in [-0.25, -0.2) is 9.88 Å². The fourth-order valence-corrected chi connectivity index (χ4v) is 9.61. The quantitative estimate of drug-likeness (QED) is 0.159. The number of fused-ring (bicyclic) bond motifs is 4. The highest BCUT2D eigenvalue weighted by Crippen LogP contribution is 2.65. The number of hydrogen-bond acceptors (Lipinski definition) is 8. The van der Waals surface area contributed by atoms with Crippen molar-refractivity contribution in [2.75, 3.05) is 24.1 Å². The van der Waals surface area contributed by atoms with Gasteiger partial charge in [0.05, 0.1) is 41.0 Å². The summed E-state index contributed by atoms with van der Waals surface area (Å²) < 4.78 is 46.4. The Morgan fingerprint density at radius 3 is 2.33 bits per heavy atom. The molecular formula is C40H31Cl2F3N4O6. The molecule has 0 bridgehead atoms. The van der Waals surface area contributed by atoms with Crippen molar-refractivity contribution in [3.05, 3.63) is 123 Å². The van der Waals surface area contributed by atoms with Crippen LogP contribution in [0.25, 0.3) is 0 Å². The molecule has 1 saturated carbocycles. The number of carbonyl (C=O) groups excluding carboxylic acids is 4. The summed E-state index contributed by atoms with van der Waals surface area (Å²) in [6.45, 7) is 0. The van der Waals surface area contributed by atoms with E-state index in [-0.39, 0.29) is 35.1 Å². The molecule has 3 heterocycles. The molecule has 0 spiro atoms. The molecule has 2 aliphatic heterocycles. The minimum atomic E-state index is -4.82. The number of aromatic nitrogens is 1. The number of benzene rings is 3. The van der Waals surface area contributed by atoms with Gasteiger partial charge in [0, 0.05) is 18.0 Å². The van der Waals surface area contributed by atoms with Crippen LogP contribution < -0.4 is 14.6 Å².